The number of nitrogens with one attached hydrogen (secondary N) is 3. The summed E-state index contributed by atoms with van der Waals surface area (Å²) in [4.78, 5) is 39.6. The zero-order chi connectivity index (χ0) is 28.5. The van der Waals surface area contributed by atoms with Gasteiger partial charge in [0.05, 0.1) is 32.4 Å². The van der Waals surface area contributed by atoms with Crippen LogP contribution in [0, 0.1) is 5.92 Å². The van der Waals surface area contributed by atoms with Crippen LogP contribution in [-0.4, -0.2) is 51.7 Å². The molecule has 11 heteroatoms. The Labute approximate surface area is 232 Å². The van der Waals surface area contributed by atoms with Crippen LogP contribution >= 0.6 is 0 Å². The quantitative estimate of drug-likeness (QED) is 0.293. The molecule has 0 aromatic heterocycles. The minimum atomic E-state index is -0.559. The predicted molar refractivity (Wildman–Crippen MR) is 150 cm³/mol. The van der Waals surface area contributed by atoms with Gasteiger partial charge in [0.1, 0.15) is 11.5 Å². The minimum absolute atomic E-state index is 0.0771. The third-order valence-electron chi connectivity index (χ3n) is 6.20. The van der Waals surface area contributed by atoms with Crippen molar-refractivity contribution < 1.29 is 33.3 Å². The molecule has 3 amide bonds. The minimum Gasteiger partial charge on any atom is -0.497 e. The third kappa shape index (κ3) is 6.93. The van der Waals surface area contributed by atoms with E-state index in [1.54, 1.807) is 78.7 Å². The molecule has 1 aliphatic heterocycles. The Kier molecular flexibility index (Phi) is 9.29. The number of anilines is 3. The van der Waals surface area contributed by atoms with E-state index in [9.17, 15) is 14.4 Å². The van der Waals surface area contributed by atoms with Crippen molar-refractivity contribution in [2.75, 3.05) is 49.6 Å². The highest BCUT2D eigenvalue weighted by atomic mass is 16.5. The molecule has 1 heterocycles. The van der Waals surface area contributed by atoms with Crippen LogP contribution in [-0.2, 0) is 14.4 Å². The monoisotopic (exact) mass is 548 g/mol. The van der Waals surface area contributed by atoms with Gasteiger partial charge in [0, 0.05) is 24.3 Å². The maximum atomic E-state index is 12.9. The zero-order valence-corrected chi connectivity index (χ0v) is 22.6. The molecule has 0 spiro atoms. The van der Waals surface area contributed by atoms with Crippen LogP contribution in [0.2, 0.25) is 0 Å². The third-order valence-corrected chi connectivity index (χ3v) is 6.20. The summed E-state index contributed by atoms with van der Waals surface area (Å²) in [5, 5.41) is 2.74. The first kappa shape index (κ1) is 28.1. The van der Waals surface area contributed by atoms with Crippen molar-refractivity contribution in [3.63, 3.8) is 0 Å². The van der Waals surface area contributed by atoms with Crippen molar-refractivity contribution in [1.82, 2.24) is 5.43 Å². The summed E-state index contributed by atoms with van der Waals surface area (Å²) >= 11 is 0. The van der Waals surface area contributed by atoms with Gasteiger partial charge in [0.2, 0.25) is 11.8 Å². The molecule has 3 aromatic rings. The van der Waals surface area contributed by atoms with Crippen LogP contribution in [0.5, 0.6) is 23.0 Å². The van der Waals surface area contributed by atoms with E-state index in [1.807, 2.05) is 6.92 Å². The fraction of sp³-hybridized carbons (Fsp3) is 0.276. The molecule has 0 unspecified atom stereocenters. The van der Waals surface area contributed by atoms with E-state index in [0.717, 1.165) is 0 Å². The second-order valence-corrected chi connectivity index (χ2v) is 8.85. The van der Waals surface area contributed by atoms with Crippen LogP contribution in [0.1, 0.15) is 13.3 Å². The summed E-state index contributed by atoms with van der Waals surface area (Å²) in [6, 6.07) is 19.1. The van der Waals surface area contributed by atoms with E-state index in [2.05, 4.69) is 16.2 Å². The maximum Gasteiger partial charge on any atom is 0.262 e. The van der Waals surface area contributed by atoms with Gasteiger partial charge in [-0.15, -0.1) is 0 Å². The second-order valence-electron chi connectivity index (χ2n) is 8.85. The molecular weight excluding hydrogens is 516 g/mol. The molecule has 1 aliphatic rings. The van der Waals surface area contributed by atoms with Crippen molar-refractivity contribution in [2.45, 2.75) is 13.3 Å². The Bertz CT molecular complexity index is 1330. The van der Waals surface area contributed by atoms with E-state index < -0.39 is 5.92 Å². The summed E-state index contributed by atoms with van der Waals surface area (Å²) in [5.74, 6) is 0.563. The number of carbonyl (C=O) groups is 3. The van der Waals surface area contributed by atoms with Crippen LogP contribution < -0.4 is 40.0 Å². The summed E-state index contributed by atoms with van der Waals surface area (Å²) in [6.45, 7) is 2.39. The van der Waals surface area contributed by atoms with Gasteiger partial charge in [-0.3, -0.25) is 25.2 Å². The molecule has 11 nitrogen and oxygen atoms in total. The molecule has 0 saturated carbocycles. The lowest BCUT2D eigenvalue weighted by Crippen LogP contribution is -2.36. The molecule has 3 N–H and O–H groups in total. The Hall–Kier alpha value is -4.93. The number of benzene rings is 3. The number of rotatable bonds is 12. The maximum absolute atomic E-state index is 12.9. The first-order valence-electron chi connectivity index (χ1n) is 12.7. The molecular formula is C29H32N4O7. The van der Waals surface area contributed by atoms with E-state index in [4.69, 9.17) is 18.9 Å². The Morgan fingerprint density at radius 3 is 2.33 bits per heavy atom. The van der Waals surface area contributed by atoms with Crippen LogP contribution in [0.25, 0.3) is 0 Å². The number of nitrogens with zero attached hydrogens (tertiary/aromatic N) is 1. The van der Waals surface area contributed by atoms with Crippen LogP contribution in [0.4, 0.5) is 17.1 Å². The van der Waals surface area contributed by atoms with Gasteiger partial charge in [-0.25, -0.2) is 0 Å². The number of methoxy groups -OCH3 is 2. The number of hydrogen-bond donors (Lipinski definition) is 3. The highest BCUT2D eigenvalue weighted by molar-refractivity contribution is 6.00. The number of hydrogen-bond acceptors (Lipinski definition) is 8. The molecule has 40 heavy (non-hydrogen) atoms. The number of ether oxygens (including phenoxy) is 4. The fourth-order valence-electron chi connectivity index (χ4n) is 4.19. The van der Waals surface area contributed by atoms with E-state index in [-0.39, 0.29) is 43.0 Å². The fourth-order valence-corrected chi connectivity index (χ4v) is 4.19. The molecule has 0 radical (unpaired) electrons. The van der Waals surface area contributed by atoms with Gasteiger partial charge < -0.3 is 29.2 Å². The largest absolute Gasteiger partial charge is 0.497 e. The van der Waals surface area contributed by atoms with E-state index in [0.29, 0.717) is 40.9 Å². The molecule has 0 bridgehead atoms. The van der Waals surface area contributed by atoms with Gasteiger partial charge >= 0.3 is 0 Å². The van der Waals surface area contributed by atoms with Gasteiger partial charge in [0.25, 0.3) is 5.91 Å². The predicted octanol–water partition coefficient (Wildman–Crippen LogP) is 3.62. The van der Waals surface area contributed by atoms with Gasteiger partial charge in [0.15, 0.2) is 18.1 Å². The van der Waals surface area contributed by atoms with E-state index >= 15 is 0 Å². The van der Waals surface area contributed by atoms with Crippen molar-refractivity contribution in [3.05, 3.63) is 66.7 Å². The molecule has 1 fully saturated rings. The number of carbonyl (C=O) groups excluding carboxylic acids is 3. The lowest BCUT2D eigenvalue weighted by Gasteiger charge is -2.19. The smallest absolute Gasteiger partial charge is 0.262 e. The lowest BCUT2D eigenvalue weighted by molar-refractivity contribution is -0.125. The second kappa shape index (κ2) is 13.2. The number of hydrazine groups is 1. The summed E-state index contributed by atoms with van der Waals surface area (Å²) in [6.07, 6.45) is 0.0771. The number of amides is 3. The van der Waals surface area contributed by atoms with Gasteiger partial charge in [-0.1, -0.05) is 6.07 Å². The highest BCUT2D eigenvalue weighted by Gasteiger charge is 2.35. The average Bonchev–Trinajstić information content (AvgIpc) is 3.37. The van der Waals surface area contributed by atoms with Crippen molar-refractivity contribution >= 4 is 34.8 Å². The molecule has 4 rings (SSSR count). The summed E-state index contributed by atoms with van der Waals surface area (Å²) in [7, 11) is 3.04. The number of para-hydroxylation sites is 1. The van der Waals surface area contributed by atoms with Gasteiger partial charge in [-0.05, 0) is 67.6 Å². The molecule has 0 aliphatic carbocycles. The SMILES string of the molecule is CCOc1ccc(N2C[C@@H](C(=O)NNc3cccc(OC)c3OCC(=O)Nc3ccc(OC)cc3)CC2=O)cc1. The topological polar surface area (TPSA) is 127 Å². The van der Waals surface area contributed by atoms with Crippen molar-refractivity contribution in [2.24, 2.45) is 5.92 Å². The summed E-state index contributed by atoms with van der Waals surface area (Å²) in [5.41, 5.74) is 7.18. The molecule has 210 valence electrons. The first-order chi connectivity index (χ1) is 19.4. The Morgan fingerprint density at radius 1 is 0.925 bits per heavy atom. The lowest BCUT2D eigenvalue weighted by atomic mass is 10.1. The summed E-state index contributed by atoms with van der Waals surface area (Å²) < 4.78 is 21.7. The van der Waals surface area contributed by atoms with E-state index in [1.165, 1.54) is 7.11 Å². The van der Waals surface area contributed by atoms with Crippen LogP contribution in [0.15, 0.2) is 66.7 Å². The average molecular weight is 549 g/mol. The Morgan fingerprint density at radius 2 is 1.65 bits per heavy atom. The zero-order valence-electron chi connectivity index (χ0n) is 22.6. The standard InChI is InChI=1S/C29H32N4O7/c1-4-39-23-14-10-21(11-15-23)33-17-19(16-27(33)35)29(36)32-31-24-6-5-7-25(38-3)28(24)40-18-26(34)30-20-8-12-22(37-2)13-9-20/h5-15,19,31H,4,16-18H2,1-3H3,(H,30,34)(H,32,36)/t19-/m0/s1. The molecule has 1 atom stereocenters. The van der Waals surface area contributed by atoms with Crippen LogP contribution in [0.3, 0.4) is 0 Å². The molecule has 1 saturated heterocycles. The first-order valence-corrected chi connectivity index (χ1v) is 12.7. The van der Waals surface area contributed by atoms with Crippen molar-refractivity contribution in [1.29, 1.82) is 0 Å². The van der Waals surface area contributed by atoms with Gasteiger partial charge in [-0.2, -0.15) is 0 Å². The van der Waals surface area contributed by atoms with Crippen molar-refractivity contribution in [3.8, 4) is 23.0 Å². The molecule has 3 aromatic carbocycles. The highest BCUT2D eigenvalue weighted by Crippen LogP contribution is 2.35. The normalized spacial score (nSPS) is 14.3. The Balaban J connectivity index is 1.35.